The van der Waals surface area contributed by atoms with E-state index in [1.165, 1.54) is 0 Å². The van der Waals surface area contributed by atoms with Gasteiger partial charge in [0.15, 0.2) is 5.82 Å². The predicted molar refractivity (Wildman–Crippen MR) is 80.8 cm³/mol. The maximum absolute atomic E-state index is 12.4. The summed E-state index contributed by atoms with van der Waals surface area (Å²) in [5, 5.41) is 7.91. The summed E-state index contributed by atoms with van der Waals surface area (Å²) in [7, 11) is 0. The Morgan fingerprint density at radius 2 is 2.18 bits per heavy atom. The number of carbonyl (C=O) groups is 1. The Hall–Kier alpha value is -1.83. The van der Waals surface area contributed by atoms with E-state index in [0.717, 1.165) is 43.0 Å². The van der Waals surface area contributed by atoms with Crippen molar-refractivity contribution >= 4 is 17.4 Å². The second-order valence-electron chi connectivity index (χ2n) is 5.55. The van der Waals surface area contributed by atoms with Crippen LogP contribution in [0.1, 0.15) is 59.2 Å². The Labute approximate surface area is 132 Å². The highest BCUT2D eigenvalue weighted by Gasteiger charge is 2.29. The molecule has 1 amide bonds. The smallest absolute Gasteiger partial charge is 0.267 e. The van der Waals surface area contributed by atoms with Crippen LogP contribution in [-0.2, 0) is 6.42 Å². The van der Waals surface area contributed by atoms with Gasteiger partial charge in [-0.3, -0.25) is 4.79 Å². The van der Waals surface area contributed by atoms with Gasteiger partial charge >= 0.3 is 0 Å². The molecule has 2 aromatic rings. The summed E-state index contributed by atoms with van der Waals surface area (Å²) < 4.78 is 9.19. The molecule has 118 valence electrons. The number of piperidine rings is 1. The summed E-state index contributed by atoms with van der Waals surface area (Å²) in [6, 6.07) is 0. The van der Waals surface area contributed by atoms with Crippen LogP contribution in [0.15, 0.2) is 4.52 Å². The van der Waals surface area contributed by atoms with Gasteiger partial charge in [0.05, 0.1) is 5.69 Å². The van der Waals surface area contributed by atoms with Gasteiger partial charge in [-0.1, -0.05) is 16.6 Å². The molecule has 0 N–H and O–H groups in total. The number of amides is 1. The molecule has 22 heavy (non-hydrogen) atoms. The van der Waals surface area contributed by atoms with Crippen molar-refractivity contribution in [3.8, 4) is 0 Å². The van der Waals surface area contributed by atoms with E-state index in [0.29, 0.717) is 29.6 Å². The number of rotatable bonds is 4. The van der Waals surface area contributed by atoms with Crippen molar-refractivity contribution in [3.05, 3.63) is 22.3 Å². The first-order valence-electron chi connectivity index (χ1n) is 7.59. The minimum Gasteiger partial charge on any atom is -0.339 e. The first kappa shape index (κ1) is 15.1. The number of carbonyl (C=O) groups excluding carboxylic acids is 1. The number of nitrogens with zero attached hydrogens (tertiary/aromatic N) is 5. The van der Waals surface area contributed by atoms with E-state index in [4.69, 9.17) is 4.52 Å². The number of aryl methyl sites for hydroxylation is 2. The molecule has 0 atom stereocenters. The standard InChI is InChI=1S/C14H19N5O2S/c1-3-4-11-15-13(21-17-11)10-5-7-19(8-6-10)14(20)12-9(2)16-18-22-12/h10H,3-8H2,1-2H3. The zero-order valence-corrected chi connectivity index (χ0v) is 13.6. The molecule has 0 radical (unpaired) electrons. The fraction of sp³-hybridized carbons (Fsp3) is 0.643. The number of aromatic nitrogens is 4. The van der Waals surface area contributed by atoms with Crippen LogP contribution in [-0.4, -0.2) is 43.6 Å². The molecular formula is C14H19N5O2S. The van der Waals surface area contributed by atoms with Crippen LogP contribution in [0, 0.1) is 6.92 Å². The molecule has 0 unspecified atom stereocenters. The minimum atomic E-state index is 0.0307. The number of hydrogen-bond acceptors (Lipinski definition) is 7. The van der Waals surface area contributed by atoms with Crippen LogP contribution in [0.3, 0.4) is 0 Å². The lowest BCUT2D eigenvalue weighted by atomic mass is 9.96. The number of likely N-dealkylation sites (tertiary alicyclic amines) is 1. The van der Waals surface area contributed by atoms with Crippen molar-refractivity contribution in [3.63, 3.8) is 0 Å². The average molecular weight is 321 g/mol. The molecule has 0 bridgehead atoms. The summed E-state index contributed by atoms with van der Waals surface area (Å²) in [6.07, 6.45) is 3.56. The molecule has 3 rings (SSSR count). The van der Waals surface area contributed by atoms with Crippen molar-refractivity contribution in [1.82, 2.24) is 24.6 Å². The van der Waals surface area contributed by atoms with Gasteiger partial charge in [-0.2, -0.15) is 4.98 Å². The van der Waals surface area contributed by atoms with E-state index in [2.05, 4.69) is 26.7 Å². The fourth-order valence-electron chi connectivity index (χ4n) is 2.66. The highest BCUT2D eigenvalue weighted by molar-refractivity contribution is 7.07. The lowest BCUT2D eigenvalue weighted by Crippen LogP contribution is -2.37. The number of hydrogen-bond donors (Lipinski definition) is 0. The molecule has 8 heteroatoms. The van der Waals surface area contributed by atoms with Crippen molar-refractivity contribution in [2.45, 2.75) is 45.4 Å². The molecule has 1 aliphatic heterocycles. The molecule has 1 fully saturated rings. The van der Waals surface area contributed by atoms with Gasteiger partial charge in [-0.05, 0) is 37.7 Å². The maximum atomic E-state index is 12.4. The van der Waals surface area contributed by atoms with E-state index < -0.39 is 0 Å². The first-order valence-corrected chi connectivity index (χ1v) is 8.37. The Morgan fingerprint density at radius 3 is 2.82 bits per heavy atom. The van der Waals surface area contributed by atoms with E-state index in [9.17, 15) is 4.79 Å². The van der Waals surface area contributed by atoms with Crippen LogP contribution in [0.4, 0.5) is 0 Å². The van der Waals surface area contributed by atoms with Gasteiger partial charge in [0.25, 0.3) is 5.91 Å². The van der Waals surface area contributed by atoms with Gasteiger partial charge in [0.1, 0.15) is 4.88 Å². The third-order valence-electron chi connectivity index (χ3n) is 3.93. The average Bonchev–Trinajstić information content (AvgIpc) is 3.16. The Kier molecular flexibility index (Phi) is 4.47. The summed E-state index contributed by atoms with van der Waals surface area (Å²) >= 11 is 1.16. The molecule has 0 aliphatic carbocycles. The van der Waals surface area contributed by atoms with Crippen LogP contribution >= 0.6 is 11.5 Å². The topological polar surface area (TPSA) is 85.0 Å². The van der Waals surface area contributed by atoms with E-state index in [1.54, 1.807) is 0 Å². The monoisotopic (exact) mass is 321 g/mol. The van der Waals surface area contributed by atoms with E-state index in [-0.39, 0.29) is 11.8 Å². The van der Waals surface area contributed by atoms with E-state index >= 15 is 0 Å². The van der Waals surface area contributed by atoms with Crippen LogP contribution in [0.5, 0.6) is 0 Å². The highest BCUT2D eigenvalue weighted by atomic mass is 32.1. The van der Waals surface area contributed by atoms with Gasteiger partial charge in [-0.15, -0.1) is 5.10 Å². The Morgan fingerprint density at radius 1 is 1.41 bits per heavy atom. The molecule has 3 heterocycles. The zero-order valence-electron chi connectivity index (χ0n) is 12.8. The SMILES string of the molecule is CCCc1noc(C2CCN(C(=O)c3snnc3C)CC2)n1. The highest BCUT2D eigenvalue weighted by Crippen LogP contribution is 2.28. The largest absolute Gasteiger partial charge is 0.339 e. The molecule has 7 nitrogen and oxygen atoms in total. The molecule has 1 aliphatic rings. The van der Waals surface area contributed by atoms with Crippen molar-refractivity contribution in [2.24, 2.45) is 0 Å². The normalized spacial score (nSPS) is 16.2. The maximum Gasteiger partial charge on any atom is 0.267 e. The van der Waals surface area contributed by atoms with Gasteiger partial charge in [0.2, 0.25) is 5.89 Å². The summed E-state index contributed by atoms with van der Waals surface area (Å²) in [5.41, 5.74) is 0.707. The molecule has 0 saturated carbocycles. The second-order valence-corrected chi connectivity index (χ2v) is 6.31. The third-order valence-corrected chi connectivity index (χ3v) is 4.75. The van der Waals surface area contributed by atoms with Crippen molar-refractivity contribution < 1.29 is 9.32 Å². The Bertz CT molecular complexity index is 645. The predicted octanol–water partition coefficient (Wildman–Crippen LogP) is 2.20. The van der Waals surface area contributed by atoms with Gasteiger partial charge in [-0.25, -0.2) is 0 Å². The fourth-order valence-corrected chi connectivity index (χ4v) is 3.28. The summed E-state index contributed by atoms with van der Waals surface area (Å²) in [4.78, 5) is 19.4. The first-order chi connectivity index (χ1) is 10.7. The lowest BCUT2D eigenvalue weighted by Gasteiger charge is -2.30. The van der Waals surface area contributed by atoms with Crippen molar-refractivity contribution in [2.75, 3.05) is 13.1 Å². The molecule has 1 saturated heterocycles. The second kappa shape index (κ2) is 6.51. The lowest BCUT2D eigenvalue weighted by molar-refractivity contribution is 0.0708. The molecule has 0 aromatic carbocycles. The van der Waals surface area contributed by atoms with Crippen LogP contribution in [0.2, 0.25) is 0 Å². The molecular weight excluding hydrogens is 302 g/mol. The van der Waals surface area contributed by atoms with Gasteiger partial charge in [0, 0.05) is 25.4 Å². The Balaban J connectivity index is 1.60. The van der Waals surface area contributed by atoms with E-state index in [1.807, 2.05) is 11.8 Å². The van der Waals surface area contributed by atoms with Crippen LogP contribution < -0.4 is 0 Å². The quantitative estimate of drug-likeness (QED) is 0.858. The molecule has 2 aromatic heterocycles. The summed E-state index contributed by atoms with van der Waals surface area (Å²) in [6.45, 7) is 5.31. The van der Waals surface area contributed by atoms with Crippen molar-refractivity contribution in [1.29, 1.82) is 0 Å². The zero-order chi connectivity index (χ0) is 15.5. The molecule has 0 spiro atoms. The third kappa shape index (κ3) is 3.01. The van der Waals surface area contributed by atoms with Crippen LogP contribution in [0.25, 0.3) is 0 Å². The van der Waals surface area contributed by atoms with Gasteiger partial charge < -0.3 is 9.42 Å². The summed E-state index contributed by atoms with van der Waals surface area (Å²) in [5.74, 6) is 1.78. The minimum absolute atomic E-state index is 0.0307.